The van der Waals surface area contributed by atoms with Crippen LogP contribution in [0.15, 0.2) is 121 Å². The van der Waals surface area contributed by atoms with Crippen molar-refractivity contribution in [1.82, 2.24) is 0 Å². The second-order valence-electron chi connectivity index (χ2n) is 12.2. The fourth-order valence-corrected chi connectivity index (χ4v) is 5.31. The molecule has 0 saturated carbocycles. The summed E-state index contributed by atoms with van der Waals surface area (Å²) >= 11 is 0. The average Bonchev–Trinajstić information content (AvgIpc) is 3.42. The molecule has 1 heterocycles. The molecule has 47 heavy (non-hydrogen) atoms. The third-order valence-electron chi connectivity index (χ3n) is 7.49. The molecule has 0 spiro atoms. The van der Waals surface area contributed by atoms with Crippen LogP contribution in [0.25, 0.3) is 0 Å². The molecular formula is C40H36O7. The molecular weight excluding hydrogens is 592 g/mol. The first-order valence-electron chi connectivity index (χ1n) is 15.5. The zero-order valence-electron chi connectivity index (χ0n) is 26.6. The Bertz CT molecular complexity index is 1780. The first-order valence-corrected chi connectivity index (χ1v) is 15.5. The highest BCUT2D eigenvalue weighted by molar-refractivity contribution is 5.96. The fraction of sp³-hybridized carbons (Fsp3) is 0.200. The molecule has 5 aromatic rings. The van der Waals surface area contributed by atoms with Crippen LogP contribution in [0.4, 0.5) is 0 Å². The fourth-order valence-electron chi connectivity index (χ4n) is 5.31. The van der Waals surface area contributed by atoms with E-state index < -0.39 is 23.6 Å². The lowest BCUT2D eigenvalue weighted by atomic mass is 9.95. The summed E-state index contributed by atoms with van der Waals surface area (Å²) in [6, 6.07) is 37.7. The van der Waals surface area contributed by atoms with Gasteiger partial charge in [0, 0.05) is 0 Å². The van der Waals surface area contributed by atoms with Crippen LogP contribution >= 0.6 is 0 Å². The van der Waals surface area contributed by atoms with Gasteiger partial charge in [-0.3, -0.25) is 0 Å². The molecule has 0 bridgehead atoms. The van der Waals surface area contributed by atoms with Crippen LogP contribution in [0.2, 0.25) is 0 Å². The van der Waals surface area contributed by atoms with Crippen LogP contribution in [0, 0.1) is 0 Å². The summed E-state index contributed by atoms with van der Waals surface area (Å²) in [6.07, 6.45) is -0.936. The van der Waals surface area contributed by atoms with Gasteiger partial charge in [0.2, 0.25) is 0 Å². The number of fused-ring (bicyclic) bond motifs is 1. The van der Waals surface area contributed by atoms with Crippen molar-refractivity contribution in [2.75, 3.05) is 0 Å². The smallest absolute Gasteiger partial charge is 0.339 e. The largest absolute Gasteiger partial charge is 0.488 e. The monoisotopic (exact) mass is 628 g/mol. The summed E-state index contributed by atoms with van der Waals surface area (Å²) in [6.45, 7) is 6.12. The first kappa shape index (κ1) is 31.4. The summed E-state index contributed by atoms with van der Waals surface area (Å²) in [7, 11) is 0. The maximum Gasteiger partial charge on any atom is 0.339 e. The van der Waals surface area contributed by atoms with Gasteiger partial charge in [-0.25, -0.2) is 9.59 Å². The van der Waals surface area contributed by atoms with Crippen molar-refractivity contribution < 1.29 is 33.3 Å². The standard InChI is InChI=1S/C40H36O7/c1-40(2,3)47-38(41)30-22-33(44-25-28-16-9-5-10-17-28)36(34(23-30)45-26-29-18-11-6-12-19-29)37-35-31(39(42)46-37)20-13-21-32(35)43-24-27-14-7-4-8-15-27/h4-23,37H,24-26H2,1-3H3. The van der Waals surface area contributed by atoms with Gasteiger partial charge >= 0.3 is 11.9 Å². The van der Waals surface area contributed by atoms with E-state index in [4.69, 9.17) is 23.7 Å². The molecule has 1 atom stereocenters. The number of rotatable bonds is 11. The molecule has 0 amide bonds. The Morgan fingerprint density at radius 2 is 1.09 bits per heavy atom. The predicted octanol–water partition coefficient (Wildman–Crippen LogP) is 8.64. The second kappa shape index (κ2) is 13.8. The number of cyclic esters (lactones) is 1. The van der Waals surface area contributed by atoms with E-state index in [1.807, 2.05) is 118 Å². The van der Waals surface area contributed by atoms with E-state index in [0.717, 1.165) is 16.7 Å². The molecule has 0 fully saturated rings. The number of hydrogen-bond acceptors (Lipinski definition) is 7. The van der Waals surface area contributed by atoms with Crippen LogP contribution in [0.3, 0.4) is 0 Å². The normalized spacial score (nSPS) is 13.8. The van der Waals surface area contributed by atoms with Crippen LogP contribution in [0.5, 0.6) is 17.2 Å². The Morgan fingerprint density at radius 1 is 0.617 bits per heavy atom. The molecule has 7 heteroatoms. The molecule has 0 N–H and O–H groups in total. The van der Waals surface area contributed by atoms with Crippen LogP contribution in [0.1, 0.15) is 75.4 Å². The number of esters is 2. The molecule has 7 nitrogen and oxygen atoms in total. The zero-order valence-corrected chi connectivity index (χ0v) is 26.6. The van der Waals surface area contributed by atoms with Gasteiger partial charge in [0.15, 0.2) is 6.10 Å². The molecule has 238 valence electrons. The van der Waals surface area contributed by atoms with Crippen molar-refractivity contribution in [3.63, 3.8) is 0 Å². The van der Waals surface area contributed by atoms with Gasteiger partial charge in [0.25, 0.3) is 0 Å². The van der Waals surface area contributed by atoms with E-state index in [2.05, 4.69) is 0 Å². The zero-order chi connectivity index (χ0) is 32.8. The molecule has 1 aliphatic rings. The first-order chi connectivity index (χ1) is 22.7. The molecule has 0 aromatic heterocycles. The number of hydrogen-bond donors (Lipinski definition) is 0. The second-order valence-corrected chi connectivity index (χ2v) is 12.2. The Balaban J connectivity index is 1.47. The van der Waals surface area contributed by atoms with Crippen molar-refractivity contribution in [3.8, 4) is 17.2 Å². The highest BCUT2D eigenvalue weighted by Gasteiger charge is 2.40. The molecule has 5 aromatic carbocycles. The number of benzene rings is 5. The van der Waals surface area contributed by atoms with Crippen molar-refractivity contribution in [1.29, 1.82) is 0 Å². The number of carbonyl (C=O) groups excluding carboxylic acids is 2. The van der Waals surface area contributed by atoms with Crippen molar-refractivity contribution >= 4 is 11.9 Å². The summed E-state index contributed by atoms with van der Waals surface area (Å²) in [4.78, 5) is 26.8. The molecule has 1 unspecified atom stereocenters. The summed E-state index contributed by atoms with van der Waals surface area (Å²) in [5, 5.41) is 0. The average molecular weight is 629 g/mol. The van der Waals surface area contributed by atoms with E-state index in [9.17, 15) is 9.59 Å². The van der Waals surface area contributed by atoms with Gasteiger partial charge in [0.05, 0.1) is 22.3 Å². The lowest BCUT2D eigenvalue weighted by molar-refractivity contribution is 0.00675. The van der Waals surface area contributed by atoms with E-state index >= 15 is 0 Å². The van der Waals surface area contributed by atoms with Gasteiger partial charge < -0.3 is 23.7 Å². The summed E-state index contributed by atoms with van der Waals surface area (Å²) in [5.41, 5.74) is 3.75. The topological polar surface area (TPSA) is 80.3 Å². The molecule has 1 aliphatic heterocycles. The van der Waals surface area contributed by atoms with Gasteiger partial charge in [-0.05, 0) is 61.7 Å². The third-order valence-corrected chi connectivity index (χ3v) is 7.49. The Kier molecular flexibility index (Phi) is 9.25. The van der Waals surface area contributed by atoms with E-state index in [1.54, 1.807) is 24.3 Å². The van der Waals surface area contributed by atoms with Crippen LogP contribution in [-0.4, -0.2) is 17.5 Å². The minimum atomic E-state index is -0.936. The van der Waals surface area contributed by atoms with E-state index in [-0.39, 0.29) is 18.8 Å². The predicted molar refractivity (Wildman–Crippen MR) is 178 cm³/mol. The summed E-state index contributed by atoms with van der Waals surface area (Å²) < 4.78 is 31.0. The van der Waals surface area contributed by atoms with Crippen molar-refractivity contribution in [2.45, 2.75) is 52.3 Å². The van der Waals surface area contributed by atoms with E-state index in [1.165, 1.54) is 0 Å². The highest BCUT2D eigenvalue weighted by Crippen LogP contribution is 2.49. The van der Waals surface area contributed by atoms with Gasteiger partial charge in [0.1, 0.15) is 42.7 Å². The van der Waals surface area contributed by atoms with E-state index in [0.29, 0.717) is 40.5 Å². The lowest BCUT2D eigenvalue weighted by Crippen LogP contribution is -2.24. The Labute approximate surface area is 274 Å². The number of ether oxygens (including phenoxy) is 5. The van der Waals surface area contributed by atoms with Gasteiger partial charge in [-0.2, -0.15) is 0 Å². The lowest BCUT2D eigenvalue weighted by Gasteiger charge is -2.24. The summed E-state index contributed by atoms with van der Waals surface area (Å²) in [5.74, 6) is 0.122. The van der Waals surface area contributed by atoms with Crippen molar-refractivity contribution in [2.24, 2.45) is 0 Å². The van der Waals surface area contributed by atoms with Crippen LogP contribution < -0.4 is 14.2 Å². The van der Waals surface area contributed by atoms with Crippen molar-refractivity contribution in [3.05, 3.63) is 160 Å². The van der Waals surface area contributed by atoms with Gasteiger partial charge in [-0.1, -0.05) is 97.1 Å². The SMILES string of the molecule is CC(C)(C)OC(=O)c1cc(OCc2ccccc2)c(C2OC(=O)c3cccc(OCc4ccccc4)c32)c(OCc2ccccc2)c1. The minimum Gasteiger partial charge on any atom is -0.488 e. The molecule has 0 radical (unpaired) electrons. The van der Waals surface area contributed by atoms with Gasteiger partial charge in [-0.15, -0.1) is 0 Å². The maximum absolute atomic E-state index is 13.4. The Hall–Kier alpha value is -5.56. The molecule has 6 rings (SSSR count). The maximum atomic E-state index is 13.4. The van der Waals surface area contributed by atoms with Crippen LogP contribution in [-0.2, 0) is 29.3 Å². The molecule has 0 saturated heterocycles. The highest BCUT2D eigenvalue weighted by atomic mass is 16.6. The minimum absolute atomic E-state index is 0.198. The third kappa shape index (κ3) is 7.64. The Morgan fingerprint density at radius 3 is 1.55 bits per heavy atom. The quantitative estimate of drug-likeness (QED) is 0.136. The number of carbonyl (C=O) groups is 2. The molecule has 0 aliphatic carbocycles.